The van der Waals surface area contributed by atoms with Gasteiger partial charge in [0.2, 0.25) is 0 Å². The molecule has 0 aromatic carbocycles. The van der Waals surface area contributed by atoms with Crippen molar-refractivity contribution in [3.05, 3.63) is 35.8 Å². The molecule has 0 bridgehead atoms. The lowest BCUT2D eigenvalue weighted by Crippen LogP contribution is -2.22. The van der Waals surface area contributed by atoms with E-state index < -0.39 is 10.0 Å². The van der Waals surface area contributed by atoms with Crippen molar-refractivity contribution in [1.82, 2.24) is 4.98 Å². The molecule has 2 aromatic heterocycles. The second-order valence-corrected chi connectivity index (χ2v) is 8.31. The lowest BCUT2D eigenvalue weighted by atomic mass is 9.95. The Kier molecular flexibility index (Phi) is 4.63. The maximum Gasteiger partial charge on any atom is 0.271 e. The van der Waals surface area contributed by atoms with Gasteiger partial charge in [-0.05, 0) is 36.4 Å². The van der Waals surface area contributed by atoms with Crippen LogP contribution < -0.4 is 10.0 Å². The van der Waals surface area contributed by atoms with Crippen molar-refractivity contribution in [2.45, 2.75) is 42.4 Å². The average molecular weight is 337 g/mol. The molecule has 1 aliphatic carbocycles. The zero-order valence-corrected chi connectivity index (χ0v) is 13.8. The molecule has 2 heterocycles. The molecule has 0 spiro atoms. The minimum Gasteiger partial charge on any atom is -0.367 e. The van der Waals surface area contributed by atoms with Crippen LogP contribution in [0.15, 0.2) is 40.1 Å². The molecule has 7 heteroatoms. The lowest BCUT2D eigenvalue weighted by molar-refractivity contribution is 0.462. The van der Waals surface area contributed by atoms with Crippen LogP contribution in [0.1, 0.15) is 32.1 Å². The van der Waals surface area contributed by atoms with E-state index in [1.165, 1.54) is 43.4 Å². The summed E-state index contributed by atoms with van der Waals surface area (Å²) in [6, 6.07) is 7.34. The molecule has 5 nitrogen and oxygen atoms in total. The first-order valence-electron chi connectivity index (χ1n) is 7.42. The van der Waals surface area contributed by atoms with E-state index in [4.69, 9.17) is 0 Å². The molecule has 0 saturated heterocycles. The number of pyridine rings is 1. The third-order valence-electron chi connectivity index (χ3n) is 3.73. The summed E-state index contributed by atoms with van der Waals surface area (Å²) in [6.45, 7) is 0. The van der Waals surface area contributed by atoms with Gasteiger partial charge >= 0.3 is 0 Å². The molecule has 1 fully saturated rings. The van der Waals surface area contributed by atoms with E-state index in [1.807, 2.05) is 6.07 Å². The van der Waals surface area contributed by atoms with Gasteiger partial charge in [-0.2, -0.15) is 0 Å². The summed E-state index contributed by atoms with van der Waals surface area (Å²) in [4.78, 5) is 4.30. The molecule has 0 aliphatic heterocycles. The number of aromatic nitrogens is 1. The largest absolute Gasteiger partial charge is 0.367 e. The molecule has 1 saturated carbocycles. The van der Waals surface area contributed by atoms with Crippen LogP contribution >= 0.6 is 11.3 Å². The van der Waals surface area contributed by atoms with Crippen LogP contribution in [0.3, 0.4) is 0 Å². The van der Waals surface area contributed by atoms with E-state index in [-0.39, 0.29) is 0 Å². The van der Waals surface area contributed by atoms with Crippen LogP contribution in [0.4, 0.5) is 11.5 Å². The normalized spacial score (nSPS) is 16.4. The Morgan fingerprint density at radius 1 is 1.14 bits per heavy atom. The van der Waals surface area contributed by atoms with Crippen LogP contribution in [0.5, 0.6) is 0 Å². The Bertz CT molecular complexity index is 691. The second-order valence-electron chi connectivity index (χ2n) is 5.45. The third kappa shape index (κ3) is 3.78. The fourth-order valence-electron chi connectivity index (χ4n) is 2.62. The summed E-state index contributed by atoms with van der Waals surface area (Å²) >= 11 is 1.19. The molecular weight excluding hydrogens is 318 g/mol. The summed E-state index contributed by atoms with van der Waals surface area (Å²) in [7, 11) is -3.50. The third-order valence-corrected chi connectivity index (χ3v) is 6.51. The van der Waals surface area contributed by atoms with Crippen LogP contribution in [-0.2, 0) is 10.0 Å². The van der Waals surface area contributed by atoms with Gasteiger partial charge in [0.1, 0.15) is 10.0 Å². The number of rotatable bonds is 5. The second kappa shape index (κ2) is 6.66. The summed E-state index contributed by atoms with van der Waals surface area (Å²) in [5.41, 5.74) is 0.475. The number of hydrogen-bond acceptors (Lipinski definition) is 5. The van der Waals surface area contributed by atoms with Crippen LogP contribution in [0.25, 0.3) is 0 Å². The number of nitrogens with one attached hydrogen (secondary N) is 2. The standard InChI is InChI=1S/C15H19N3O2S2/c19-22(20,15-7-4-10-21-15)18-13-8-9-14(16-11-13)17-12-5-2-1-3-6-12/h4,7-12,18H,1-3,5-6H2,(H,16,17). The Morgan fingerprint density at radius 2 is 1.95 bits per heavy atom. The molecule has 2 aromatic rings. The first-order valence-corrected chi connectivity index (χ1v) is 9.79. The van der Waals surface area contributed by atoms with Gasteiger partial charge < -0.3 is 5.32 Å². The van der Waals surface area contributed by atoms with Gasteiger partial charge in [0.25, 0.3) is 10.0 Å². The maximum atomic E-state index is 12.1. The number of hydrogen-bond donors (Lipinski definition) is 2. The van der Waals surface area contributed by atoms with Crippen LogP contribution in [-0.4, -0.2) is 19.4 Å². The average Bonchev–Trinajstić information content (AvgIpc) is 3.05. The SMILES string of the molecule is O=S(=O)(Nc1ccc(NC2CCCCC2)nc1)c1cccs1. The quantitative estimate of drug-likeness (QED) is 0.873. The Morgan fingerprint density at radius 3 is 2.59 bits per heavy atom. The molecule has 0 unspecified atom stereocenters. The highest BCUT2D eigenvalue weighted by atomic mass is 32.2. The fourth-order valence-corrected chi connectivity index (χ4v) is 4.65. The van der Waals surface area contributed by atoms with Gasteiger partial charge in [-0.15, -0.1) is 11.3 Å². The van der Waals surface area contributed by atoms with Gasteiger partial charge in [-0.25, -0.2) is 13.4 Å². The van der Waals surface area contributed by atoms with E-state index in [1.54, 1.807) is 29.8 Å². The van der Waals surface area contributed by atoms with E-state index in [2.05, 4.69) is 15.0 Å². The molecule has 22 heavy (non-hydrogen) atoms. The molecular formula is C15H19N3O2S2. The van der Waals surface area contributed by atoms with Crippen molar-refractivity contribution in [2.24, 2.45) is 0 Å². The van der Waals surface area contributed by atoms with Crippen LogP contribution in [0, 0.1) is 0 Å². The highest BCUT2D eigenvalue weighted by Crippen LogP contribution is 2.23. The smallest absolute Gasteiger partial charge is 0.271 e. The van der Waals surface area contributed by atoms with Gasteiger partial charge in [-0.1, -0.05) is 25.3 Å². The topological polar surface area (TPSA) is 71.1 Å². The summed E-state index contributed by atoms with van der Waals surface area (Å²) < 4.78 is 27.1. The molecule has 0 atom stereocenters. The van der Waals surface area contributed by atoms with Gasteiger partial charge in [0.05, 0.1) is 11.9 Å². The van der Waals surface area contributed by atoms with E-state index >= 15 is 0 Å². The number of sulfonamides is 1. The van der Waals surface area contributed by atoms with Crippen molar-refractivity contribution in [1.29, 1.82) is 0 Å². The van der Waals surface area contributed by atoms with Crippen LogP contribution in [0.2, 0.25) is 0 Å². The summed E-state index contributed by atoms with van der Waals surface area (Å²) in [5.74, 6) is 0.797. The number of nitrogens with zero attached hydrogens (tertiary/aromatic N) is 1. The van der Waals surface area contributed by atoms with Crippen molar-refractivity contribution in [3.63, 3.8) is 0 Å². The van der Waals surface area contributed by atoms with Crippen molar-refractivity contribution in [2.75, 3.05) is 10.0 Å². The van der Waals surface area contributed by atoms with E-state index in [0.717, 1.165) is 5.82 Å². The Balaban J connectivity index is 1.64. The fraction of sp³-hybridized carbons (Fsp3) is 0.400. The summed E-state index contributed by atoms with van der Waals surface area (Å²) in [6.07, 6.45) is 7.74. The lowest BCUT2D eigenvalue weighted by Gasteiger charge is -2.23. The Labute approximate surface area is 134 Å². The highest BCUT2D eigenvalue weighted by molar-refractivity contribution is 7.94. The van der Waals surface area contributed by atoms with Gasteiger partial charge in [-0.3, -0.25) is 4.72 Å². The molecule has 2 N–H and O–H groups in total. The van der Waals surface area contributed by atoms with Crippen molar-refractivity contribution >= 4 is 32.9 Å². The number of thiophene rings is 1. The molecule has 0 amide bonds. The van der Waals surface area contributed by atoms with E-state index in [0.29, 0.717) is 15.9 Å². The first-order chi connectivity index (χ1) is 10.6. The predicted octanol–water partition coefficient (Wildman–Crippen LogP) is 3.69. The predicted molar refractivity (Wildman–Crippen MR) is 89.9 cm³/mol. The number of anilines is 2. The summed E-state index contributed by atoms with van der Waals surface area (Å²) in [5, 5.41) is 5.15. The molecule has 118 valence electrons. The van der Waals surface area contributed by atoms with Gasteiger partial charge in [0.15, 0.2) is 0 Å². The Hall–Kier alpha value is -1.60. The van der Waals surface area contributed by atoms with E-state index in [9.17, 15) is 8.42 Å². The zero-order chi connectivity index (χ0) is 15.4. The molecule has 3 rings (SSSR count). The maximum absolute atomic E-state index is 12.1. The van der Waals surface area contributed by atoms with Gasteiger partial charge in [0, 0.05) is 6.04 Å². The van der Waals surface area contributed by atoms with Crippen molar-refractivity contribution < 1.29 is 8.42 Å². The van der Waals surface area contributed by atoms with Crippen molar-refractivity contribution in [3.8, 4) is 0 Å². The first kappa shape index (κ1) is 15.3. The monoisotopic (exact) mass is 337 g/mol. The minimum absolute atomic E-state index is 0.303. The highest BCUT2D eigenvalue weighted by Gasteiger charge is 2.16. The zero-order valence-electron chi connectivity index (χ0n) is 12.2. The minimum atomic E-state index is -3.50. The molecule has 0 radical (unpaired) electrons. The molecule has 1 aliphatic rings.